The summed E-state index contributed by atoms with van der Waals surface area (Å²) in [5.74, 6) is 0.246. The highest BCUT2D eigenvalue weighted by Gasteiger charge is 2.42. The Balaban J connectivity index is 1.58. The average molecular weight is 345 g/mol. The molecule has 2 saturated heterocycles. The second-order valence-electron chi connectivity index (χ2n) is 6.91. The van der Waals surface area contributed by atoms with Crippen molar-refractivity contribution in [3.63, 3.8) is 0 Å². The van der Waals surface area contributed by atoms with Crippen molar-refractivity contribution in [2.75, 3.05) is 13.1 Å². The average Bonchev–Trinajstić information content (AvgIpc) is 3.01. The van der Waals surface area contributed by atoms with Crippen molar-refractivity contribution in [1.29, 1.82) is 0 Å². The van der Waals surface area contributed by atoms with Crippen molar-refractivity contribution < 1.29 is 4.39 Å². The highest BCUT2D eigenvalue weighted by molar-refractivity contribution is 6.30. The first kappa shape index (κ1) is 16.1. The van der Waals surface area contributed by atoms with Crippen LogP contribution in [0.2, 0.25) is 5.02 Å². The Bertz CT molecular complexity index is 703. The molecule has 0 saturated carbocycles. The van der Waals surface area contributed by atoms with E-state index in [0.717, 1.165) is 24.7 Å². The molecule has 0 spiro atoms. The van der Waals surface area contributed by atoms with E-state index in [0.29, 0.717) is 18.0 Å². The Hall–Kier alpha value is -1.42. The maximum atomic E-state index is 13.3. The van der Waals surface area contributed by atoms with E-state index < -0.39 is 0 Å². The molecule has 0 unspecified atom stereocenters. The molecule has 1 N–H and O–H groups in total. The van der Waals surface area contributed by atoms with E-state index in [4.69, 9.17) is 11.6 Å². The predicted molar refractivity (Wildman–Crippen MR) is 95.8 cm³/mol. The van der Waals surface area contributed by atoms with E-state index >= 15 is 0 Å². The van der Waals surface area contributed by atoms with Gasteiger partial charge in [-0.25, -0.2) is 4.39 Å². The number of likely N-dealkylation sites (tertiary alicyclic amines) is 1. The molecule has 0 radical (unpaired) electrons. The molecule has 0 bridgehead atoms. The van der Waals surface area contributed by atoms with Crippen molar-refractivity contribution in [2.45, 2.75) is 37.4 Å². The van der Waals surface area contributed by atoms with Gasteiger partial charge in [0.25, 0.3) is 0 Å². The molecule has 4 rings (SSSR count). The van der Waals surface area contributed by atoms with Gasteiger partial charge in [-0.3, -0.25) is 4.90 Å². The van der Waals surface area contributed by atoms with Crippen LogP contribution >= 0.6 is 11.6 Å². The van der Waals surface area contributed by atoms with Crippen molar-refractivity contribution in [3.05, 3.63) is 70.5 Å². The molecule has 3 atom stereocenters. The van der Waals surface area contributed by atoms with Crippen molar-refractivity contribution in [1.82, 2.24) is 10.2 Å². The van der Waals surface area contributed by atoms with Crippen LogP contribution in [0.3, 0.4) is 0 Å². The summed E-state index contributed by atoms with van der Waals surface area (Å²) in [6.45, 7) is 2.99. The molecule has 2 aliphatic heterocycles. The van der Waals surface area contributed by atoms with E-state index in [-0.39, 0.29) is 5.82 Å². The first-order valence-electron chi connectivity index (χ1n) is 8.68. The van der Waals surface area contributed by atoms with Crippen LogP contribution in [0.5, 0.6) is 0 Å². The molecule has 2 aliphatic rings. The van der Waals surface area contributed by atoms with Gasteiger partial charge in [0.05, 0.1) is 0 Å². The first-order chi connectivity index (χ1) is 11.7. The normalized spacial score (nSPS) is 27.2. The van der Waals surface area contributed by atoms with Gasteiger partial charge in [-0.2, -0.15) is 0 Å². The third kappa shape index (κ3) is 3.21. The van der Waals surface area contributed by atoms with Crippen LogP contribution in [0.1, 0.15) is 29.9 Å². The molecule has 24 heavy (non-hydrogen) atoms. The lowest BCUT2D eigenvalue weighted by Gasteiger charge is -2.40. The molecule has 2 fully saturated rings. The quantitative estimate of drug-likeness (QED) is 0.897. The van der Waals surface area contributed by atoms with E-state index in [9.17, 15) is 4.39 Å². The number of piperidine rings is 1. The standard InChI is InChI=1S/C20H22ClFN2/c21-16-4-1-3-14(11-16)13-24-10-2-5-19-20(24)18(12-23-19)15-6-8-17(22)9-7-15/h1,3-4,6-9,11,18-20,23H,2,5,10,12-13H2/t18-,19-,20-/m1/s1. The molecule has 0 aromatic heterocycles. The van der Waals surface area contributed by atoms with Gasteiger partial charge in [-0.05, 0) is 54.8 Å². The highest BCUT2D eigenvalue weighted by Crippen LogP contribution is 2.36. The summed E-state index contributed by atoms with van der Waals surface area (Å²) < 4.78 is 13.3. The van der Waals surface area contributed by atoms with Crippen LogP contribution in [-0.4, -0.2) is 30.1 Å². The third-order valence-corrected chi connectivity index (χ3v) is 5.61. The monoisotopic (exact) mass is 344 g/mol. The van der Waals surface area contributed by atoms with Gasteiger partial charge < -0.3 is 5.32 Å². The molecule has 0 aliphatic carbocycles. The number of rotatable bonds is 3. The molecule has 126 valence electrons. The summed E-state index contributed by atoms with van der Waals surface area (Å²) >= 11 is 6.15. The largest absolute Gasteiger partial charge is 0.312 e. The van der Waals surface area contributed by atoms with Crippen molar-refractivity contribution in [3.8, 4) is 0 Å². The lowest BCUT2D eigenvalue weighted by molar-refractivity contribution is 0.120. The van der Waals surface area contributed by atoms with Gasteiger partial charge in [0.2, 0.25) is 0 Å². The van der Waals surface area contributed by atoms with Crippen LogP contribution < -0.4 is 5.32 Å². The molecule has 0 amide bonds. The highest BCUT2D eigenvalue weighted by atomic mass is 35.5. The van der Waals surface area contributed by atoms with Gasteiger partial charge in [0.1, 0.15) is 5.82 Å². The number of hydrogen-bond donors (Lipinski definition) is 1. The zero-order chi connectivity index (χ0) is 16.5. The smallest absolute Gasteiger partial charge is 0.123 e. The minimum Gasteiger partial charge on any atom is -0.312 e. The number of nitrogens with zero attached hydrogens (tertiary/aromatic N) is 1. The Morgan fingerprint density at radius 1 is 1.17 bits per heavy atom. The van der Waals surface area contributed by atoms with Crippen LogP contribution in [0.4, 0.5) is 4.39 Å². The number of benzene rings is 2. The Morgan fingerprint density at radius 2 is 2.00 bits per heavy atom. The lowest BCUT2D eigenvalue weighted by atomic mass is 9.86. The van der Waals surface area contributed by atoms with Crippen LogP contribution in [-0.2, 0) is 6.54 Å². The first-order valence-corrected chi connectivity index (χ1v) is 9.06. The van der Waals surface area contributed by atoms with Gasteiger partial charge >= 0.3 is 0 Å². The van der Waals surface area contributed by atoms with E-state index in [1.807, 2.05) is 24.3 Å². The van der Waals surface area contributed by atoms with E-state index in [1.54, 1.807) is 12.1 Å². The second-order valence-corrected chi connectivity index (χ2v) is 7.34. The maximum absolute atomic E-state index is 13.3. The van der Waals surface area contributed by atoms with Crippen molar-refractivity contribution >= 4 is 11.6 Å². The number of hydrogen-bond acceptors (Lipinski definition) is 2. The minimum absolute atomic E-state index is 0.166. The van der Waals surface area contributed by atoms with Gasteiger partial charge in [0.15, 0.2) is 0 Å². The summed E-state index contributed by atoms with van der Waals surface area (Å²) in [5, 5.41) is 4.48. The summed E-state index contributed by atoms with van der Waals surface area (Å²) in [6.07, 6.45) is 2.43. The summed E-state index contributed by atoms with van der Waals surface area (Å²) in [7, 11) is 0. The Kier molecular flexibility index (Phi) is 4.57. The fraction of sp³-hybridized carbons (Fsp3) is 0.400. The zero-order valence-electron chi connectivity index (χ0n) is 13.6. The molecular weight excluding hydrogens is 323 g/mol. The predicted octanol–water partition coefficient (Wildman–Crippen LogP) is 4.20. The molecule has 2 heterocycles. The summed E-state index contributed by atoms with van der Waals surface area (Å²) in [5.41, 5.74) is 2.49. The van der Waals surface area contributed by atoms with E-state index in [2.05, 4.69) is 22.3 Å². The molecule has 2 nitrogen and oxygen atoms in total. The van der Waals surface area contributed by atoms with Crippen molar-refractivity contribution in [2.24, 2.45) is 0 Å². The zero-order valence-corrected chi connectivity index (χ0v) is 14.3. The van der Waals surface area contributed by atoms with Gasteiger partial charge in [-0.15, -0.1) is 0 Å². The fourth-order valence-electron chi connectivity index (χ4n) is 4.32. The van der Waals surface area contributed by atoms with Crippen LogP contribution in [0.15, 0.2) is 48.5 Å². The Labute approximate surface area is 147 Å². The number of fused-ring (bicyclic) bond motifs is 1. The lowest BCUT2D eigenvalue weighted by Crippen LogP contribution is -2.49. The fourth-order valence-corrected chi connectivity index (χ4v) is 4.54. The topological polar surface area (TPSA) is 15.3 Å². The number of nitrogens with one attached hydrogen (secondary N) is 1. The number of halogens is 2. The third-order valence-electron chi connectivity index (χ3n) is 5.38. The molecular formula is C20H22ClFN2. The summed E-state index contributed by atoms with van der Waals surface area (Å²) in [6, 6.07) is 16.2. The maximum Gasteiger partial charge on any atom is 0.123 e. The molecule has 2 aromatic carbocycles. The van der Waals surface area contributed by atoms with Gasteiger partial charge in [0, 0.05) is 36.1 Å². The SMILES string of the molecule is Fc1ccc([C@H]2CN[C@@H]3CCCN(Cc4cccc(Cl)c4)[C@H]23)cc1. The molecule has 4 heteroatoms. The summed E-state index contributed by atoms with van der Waals surface area (Å²) in [4.78, 5) is 2.58. The minimum atomic E-state index is -0.166. The second kappa shape index (κ2) is 6.83. The van der Waals surface area contributed by atoms with Gasteiger partial charge in [-0.1, -0.05) is 35.9 Å². The van der Waals surface area contributed by atoms with Crippen LogP contribution in [0.25, 0.3) is 0 Å². The van der Waals surface area contributed by atoms with E-state index in [1.165, 1.54) is 24.0 Å². The molecule has 2 aromatic rings. The Morgan fingerprint density at radius 3 is 2.79 bits per heavy atom. The van der Waals surface area contributed by atoms with Crippen LogP contribution in [0, 0.1) is 5.82 Å².